The number of benzene rings is 2. The van der Waals surface area contributed by atoms with Crippen LogP contribution >= 0.6 is 0 Å². The topological polar surface area (TPSA) is 102 Å². The first kappa shape index (κ1) is 20.0. The lowest BCUT2D eigenvalue weighted by molar-refractivity contribution is -0.121. The van der Waals surface area contributed by atoms with Gasteiger partial charge in [-0.3, -0.25) is 19.1 Å². The van der Waals surface area contributed by atoms with E-state index in [1.807, 2.05) is 30.3 Å². The largest absolute Gasteiger partial charge is 0.350 e. The molecular weight excluding hydrogens is 401 g/mol. The highest BCUT2D eigenvalue weighted by Crippen LogP contribution is 2.24. The lowest BCUT2D eigenvalue weighted by Gasteiger charge is -2.07. The van der Waals surface area contributed by atoms with Crippen molar-refractivity contribution in [1.82, 2.24) is 24.6 Å². The third kappa shape index (κ3) is 4.67. The minimum Gasteiger partial charge on any atom is -0.350 e. The Hall–Kier alpha value is -4.27. The van der Waals surface area contributed by atoms with Crippen molar-refractivity contribution >= 4 is 5.91 Å². The zero-order valence-electron chi connectivity index (χ0n) is 16.3. The Morgan fingerprint density at radius 2 is 1.77 bits per heavy atom. The average Bonchev–Trinajstić information content (AvgIpc) is 3.20. The van der Waals surface area contributed by atoms with Crippen LogP contribution < -0.4 is 16.6 Å². The molecule has 0 aliphatic rings. The van der Waals surface area contributed by atoms with Crippen LogP contribution in [0.15, 0.2) is 82.6 Å². The summed E-state index contributed by atoms with van der Waals surface area (Å²) in [7, 11) is 0. The highest BCUT2D eigenvalue weighted by atomic mass is 19.1. The lowest BCUT2D eigenvalue weighted by atomic mass is 10.1. The molecule has 0 aliphatic heterocycles. The molecule has 2 heterocycles. The molecule has 4 rings (SSSR count). The van der Waals surface area contributed by atoms with Gasteiger partial charge in [-0.2, -0.15) is 5.10 Å². The molecule has 0 radical (unpaired) electrons. The maximum atomic E-state index is 13.4. The van der Waals surface area contributed by atoms with Gasteiger partial charge < -0.3 is 5.32 Å². The summed E-state index contributed by atoms with van der Waals surface area (Å²) in [4.78, 5) is 37.4. The first-order chi connectivity index (χ1) is 15.0. The minimum absolute atomic E-state index is 0.149. The Bertz CT molecular complexity index is 1320. The van der Waals surface area contributed by atoms with Crippen molar-refractivity contribution in [3.8, 4) is 16.9 Å². The summed E-state index contributed by atoms with van der Waals surface area (Å²) < 4.78 is 16.1. The predicted octanol–water partition coefficient (Wildman–Crippen LogP) is 1.84. The van der Waals surface area contributed by atoms with Gasteiger partial charge in [0, 0.05) is 36.1 Å². The highest BCUT2D eigenvalue weighted by Gasteiger charge is 2.14. The minimum atomic E-state index is -0.661. The van der Waals surface area contributed by atoms with Gasteiger partial charge in [0.2, 0.25) is 5.91 Å². The number of H-pyrrole nitrogens is 1. The Balaban J connectivity index is 1.58. The molecule has 31 heavy (non-hydrogen) atoms. The number of amides is 1. The molecule has 2 aromatic carbocycles. The molecule has 0 saturated carbocycles. The molecule has 0 fully saturated rings. The van der Waals surface area contributed by atoms with E-state index in [9.17, 15) is 18.8 Å². The fourth-order valence-corrected chi connectivity index (χ4v) is 3.08. The monoisotopic (exact) mass is 419 g/mol. The molecule has 2 aromatic heterocycles. The van der Waals surface area contributed by atoms with Gasteiger partial charge in [-0.25, -0.2) is 13.9 Å². The molecule has 0 aliphatic carbocycles. The molecule has 156 valence electrons. The maximum Gasteiger partial charge on any atom is 0.328 e. The van der Waals surface area contributed by atoms with E-state index in [4.69, 9.17) is 0 Å². The number of para-hydroxylation sites is 1. The summed E-state index contributed by atoms with van der Waals surface area (Å²) in [6.07, 6.45) is 3.05. The van der Waals surface area contributed by atoms with Crippen LogP contribution in [0.1, 0.15) is 5.56 Å². The molecule has 2 N–H and O–H groups in total. The molecule has 0 bridgehead atoms. The van der Waals surface area contributed by atoms with E-state index in [-0.39, 0.29) is 18.9 Å². The smallest absolute Gasteiger partial charge is 0.328 e. The number of nitrogens with zero attached hydrogens (tertiary/aromatic N) is 3. The molecule has 0 saturated heterocycles. The van der Waals surface area contributed by atoms with Gasteiger partial charge in [0.05, 0.1) is 11.4 Å². The molecule has 9 heteroatoms. The Labute approximate surface area is 175 Å². The van der Waals surface area contributed by atoms with Crippen molar-refractivity contribution in [2.75, 3.05) is 0 Å². The van der Waals surface area contributed by atoms with Crippen molar-refractivity contribution in [2.24, 2.45) is 0 Å². The van der Waals surface area contributed by atoms with Gasteiger partial charge >= 0.3 is 5.69 Å². The number of aromatic amines is 1. The summed E-state index contributed by atoms with van der Waals surface area (Å²) in [5, 5.41) is 7.37. The van der Waals surface area contributed by atoms with Gasteiger partial charge in [0.15, 0.2) is 0 Å². The highest BCUT2D eigenvalue weighted by molar-refractivity contribution is 5.76. The molecule has 0 atom stereocenters. The SMILES string of the molecule is O=C(Cn1ccc(=O)[nH]c1=O)NCc1cn(-c2ccccc2)nc1-c1ccc(F)cc1. The van der Waals surface area contributed by atoms with Gasteiger partial charge in [0.25, 0.3) is 5.56 Å². The quantitative estimate of drug-likeness (QED) is 0.498. The second kappa shape index (κ2) is 8.62. The van der Waals surface area contributed by atoms with Crippen LogP contribution in [0.3, 0.4) is 0 Å². The zero-order chi connectivity index (χ0) is 21.8. The number of halogens is 1. The van der Waals surface area contributed by atoms with Crippen LogP contribution in [0.5, 0.6) is 0 Å². The normalized spacial score (nSPS) is 10.7. The van der Waals surface area contributed by atoms with E-state index in [1.54, 1.807) is 23.0 Å². The summed E-state index contributed by atoms with van der Waals surface area (Å²) in [5.41, 5.74) is 1.67. The van der Waals surface area contributed by atoms with Crippen LogP contribution in [0.2, 0.25) is 0 Å². The average molecular weight is 419 g/mol. The summed E-state index contributed by atoms with van der Waals surface area (Å²) >= 11 is 0. The van der Waals surface area contributed by atoms with Gasteiger partial charge in [-0.05, 0) is 36.4 Å². The van der Waals surface area contributed by atoms with Gasteiger partial charge in [-0.1, -0.05) is 18.2 Å². The predicted molar refractivity (Wildman–Crippen MR) is 112 cm³/mol. The molecule has 1 amide bonds. The van der Waals surface area contributed by atoms with Crippen molar-refractivity contribution in [1.29, 1.82) is 0 Å². The summed E-state index contributed by atoms with van der Waals surface area (Å²) in [5.74, 6) is -0.765. The van der Waals surface area contributed by atoms with E-state index < -0.39 is 17.2 Å². The Morgan fingerprint density at radius 1 is 1.03 bits per heavy atom. The van der Waals surface area contributed by atoms with E-state index in [0.717, 1.165) is 15.8 Å². The number of hydrogen-bond donors (Lipinski definition) is 2. The molecule has 0 spiro atoms. The Kier molecular flexibility index (Phi) is 5.57. The molecule has 4 aromatic rings. The van der Waals surface area contributed by atoms with Crippen molar-refractivity contribution in [3.63, 3.8) is 0 Å². The number of carbonyl (C=O) groups is 1. The first-order valence-electron chi connectivity index (χ1n) is 9.46. The van der Waals surface area contributed by atoms with E-state index in [1.165, 1.54) is 24.4 Å². The lowest BCUT2D eigenvalue weighted by Crippen LogP contribution is -2.35. The number of hydrogen-bond acceptors (Lipinski definition) is 4. The summed E-state index contributed by atoms with van der Waals surface area (Å²) in [6.45, 7) is -0.0925. The van der Waals surface area contributed by atoms with Crippen LogP contribution in [0.4, 0.5) is 4.39 Å². The number of carbonyl (C=O) groups excluding carboxylic acids is 1. The van der Waals surface area contributed by atoms with Crippen LogP contribution in [0, 0.1) is 5.82 Å². The molecule has 0 unspecified atom stereocenters. The van der Waals surface area contributed by atoms with E-state index in [2.05, 4.69) is 15.4 Å². The van der Waals surface area contributed by atoms with Crippen molar-refractivity contribution in [3.05, 3.63) is 105 Å². The van der Waals surface area contributed by atoms with E-state index >= 15 is 0 Å². The van der Waals surface area contributed by atoms with Crippen LogP contribution in [-0.2, 0) is 17.9 Å². The van der Waals surface area contributed by atoms with Crippen molar-refractivity contribution < 1.29 is 9.18 Å². The second-order valence-corrected chi connectivity index (χ2v) is 6.80. The third-order valence-electron chi connectivity index (χ3n) is 4.62. The second-order valence-electron chi connectivity index (χ2n) is 6.80. The van der Waals surface area contributed by atoms with E-state index in [0.29, 0.717) is 11.3 Å². The van der Waals surface area contributed by atoms with Gasteiger partial charge in [-0.15, -0.1) is 0 Å². The standard InChI is InChI=1S/C22H18FN5O3/c23-17-8-6-15(7-9-17)21-16(13-28(26-21)18-4-2-1-3-5-18)12-24-20(30)14-27-11-10-19(29)25-22(27)31/h1-11,13H,12,14H2,(H,24,30)(H,25,29,31). The number of nitrogens with one attached hydrogen (secondary N) is 2. The van der Waals surface area contributed by atoms with Crippen molar-refractivity contribution in [2.45, 2.75) is 13.1 Å². The zero-order valence-corrected chi connectivity index (χ0v) is 16.3. The maximum absolute atomic E-state index is 13.4. The third-order valence-corrected chi connectivity index (χ3v) is 4.62. The number of aromatic nitrogens is 4. The van der Waals surface area contributed by atoms with Crippen LogP contribution in [0.25, 0.3) is 16.9 Å². The molecular formula is C22H18FN5O3. The van der Waals surface area contributed by atoms with Crippen LogP contribution in [-0.4, -0.2) is 25.2 Å². The summed E-state index contributed by atoms with van der Waals surface area (Å²) in [6, 6.07) is 16.6. The fourth-order valence-electron chi connectivity index (χ4n) is 3.08. The number of rotatable bonds is 6. The fraction of sp³-hybridized carbons (Fsp3) is 0.0909. The first-order valence-corrected chi connectivity index (χ1v) is 9.46. The Morgan fingerprint density at radius 3 is 2.48 bits per heavy atom. The molecule has 8 nitrogen and oxygen atoms in total. The van der Waals surface area contributed by atoms with Gasteiger partial charge in [0.1, 0.15) is 12.4 Å².